The molecule has 17 heavy (non-hydrogen) atoms. The van der Waals surface area contributed by atoms with Crippen molar-refractivity contribution in [1.82, 2.24) is 0 Å². The third-order valence-electron chi connectivity index (χ3n) is 3.46. The molecule has 0 amide bonds. The van der Waals surface area contributed by atoms with Gasteiger partial charge in [-0.15, -0.1) is 0 Å². The Kier molecular flexibility index (Phi) is 5.33. The number of benzene rings is 1. The molecule has 0 spiro atoms. The van der Waals surface area contributed by atoms with E-state index in [1.54, 1.807) is 0 Å². The van der Waals surface area contributed by atoms with Gasteiger partial charge in [0.25, 0.3) is 0 Å². The standard InChI is InChI=1S/C15H26N2/c1-5-13(6-2)11-17(7-3)15-9-12(4)8-14(16)10-15/h8-10,13H,5-7,11,16H2,1-4H3. The first-order valence-corrected chi connectivity index (χ1v) is 6.72. The summed E-state index contributed by atoms with van der Waals surface area (Å²) >= 11 is 0. The van der Waals surface area contributed by atoms with Crippen molar-refractivity contribution >= 4 is 11.4 Å². The maximum absolute atomic E-state index is 5.92. The average molecular weight is 234 g/mol. The lowest BCUT2D eigenvalue weighted by molar-refractivity contribution is 0.486. The molecule has 0 unspecified atom stereocenters. The molecule has 0 heterocycles. The summed E-state index contributed by atoms with van der Waals surface area (Å²) in [6.07, 6.45) is 2.49. The van der Waals surface area contributed by atoms with E-state index >= 15 is 0 Å². The first-order valence-electron chi connectivity index (χ1n) is 6.72. The average Bonchev–Trinajstić information content (AvgIpc) is 2.29. The van der Waals surface area contributed by atoms with Crippen LogP contribution in [0.4, 0.5) is 11.4 Å². The van der Waals surface area contributed by atoms with Gasteiger partial charge in [-0.1, -0.05) is 26.7 Å². The monoisotopic (exact) mass is 234 g/mol. The van der Waals surface area contributed by atoms with E-state index in [0.717, 1.165) is 24.7 Å². The maximum Gasteiger partial charge on any atom is 0.0389 e. The van der Waals surface area contributed by atoms with E-state index in [4.69, 9.17) is 5.73 Å². The van der Waals surface area contributed by atoms with Crippen molar-refractivity contribution in [3.63, 3.8) is 0 Å². The zero-order valence-electron chi connectivity index (χ0n) is 11.7. The van der Waals surface area contributed by atoms with Crippen molar-refractivity contribution in [2.24, 2.45) is 5.92 Å². The fourth-order valence-corrected chi connectivity index (χ4v) is 2.25. The molecule has 1 aromatic carbocycles. The van der Waals surface area contributed by atoms with E-state index < -0.39 is 0 Å². The van der Waals surface area contributed by atoms with Gasteiger partial charge in [-0.3, -0.25) is 0 Å². The summed E-state index contributed by atoms with van der Waals surface area (Å²) in [7, 11) is 0. The molecule has 2 N–H and O–H groups in total. The summed E-state index contributed by atoms with van der Waals surface area (Å²) in [6.45, 7) is 11.0. The number of nitrogens with zero attached hydrogens (tertiary/aromatic N) is 1. The second kappa shape index (κ2) is 6.53. The largest absolute Gasteiger partial charge is 0.399 e. The fourth-order valence-electron chi connectivity index (χ4n) is 2.25. The highest BCUT2D eigenvalue weighted by molar-refractivity contribution is 5.58. The molecule has 2 nitrogen and oxygen atoms in total. The fraction of sp³-hybridized carbons (Fsp3) is 0.600. The summed E-state index contributed by atoms with van der Waals surface area (Å²) in [5.74, 6) is 0.775. The summed E-state index contributed by atoms with van der Waals surface area (Å²) < 4.78 is 0. The van der Waals surface area contributed by atoms with E-state index in [1.807, 2.05) is 6.07 Å². The molecule has 0 aliphatic rings. The van der Waals surface area contributed by atoms with E-state index in [2.05, 4.69) is 44.7 Å². The molecule has 1 rings (SSSR count). The minimum absolute atomic E-state index is 0.775. The lowest BCUT2D eigenvalue weighted by atomic mass is 10.0. The molecule has 96 valence electrons. The third kappa shape index (κ3) is 3.95. The molecule has 0 atom stereocenters. The number of aryl methyl sites for hydroxylation is 1. The highest BCUT2D eigenvalue weighted by atomic mass is 15.1. The predicted octanol–water partition coefficient (Wildman–Crippen LogP) is 3.84. The molecule has 0 saturated carbocycles. The molecule has 0 aromatic heterocycles. The summed E-state index contributed by atoms with van der Waals surface area (Å²) in [5.41, 5.74) is 9.28. The van der Waals surface area contributed by atoms with Crippen molar-refractivity contribution in [2.75, 3.05) is 23.7 Å². The molecular weight excluding hydrogens is 208 g/mol. The Bertz CT molecular complexity index is 323. The quantitative estimate of drug-likeness (QED) is 0.758. The zero-order valence-corrected chi connectivity index (χ0v) is 11.7. The second-order valence-corrected chi connectivity index (χ2v) is 4.82. The van der Waals surface area contributed by atoms with Crippen molar-refractivity contribution in [3.05, 3.63) is 23.8 Å². The van der Waals surface area contributed by atoms with Gasteiger partial charge in [0.2, 0.25) is 0 Å². The number of hydrogen-bond donors (Lipinski definition) is 1. The Hall–Kier alpha value is -1.18. The molecule has 0 aliphatic heterocycles. The van der Waals surface area contributed by atoms with Gasteiger partial charge in [-0.25, -0.2) is 0 Å². The Morgan fingerprint density at radius 3 is 2.24 bits per heavy atom. The van der Waals surface area contributed by atoms with Crippen LogP contribution in [-0.4, -0.2) is 13.1 Å². The molecule has 0 fully saturated rings. The first kappa shape index (κ1) is 13.9. The van der Waals surface area contributed by atoms with Gasteiger partial charge in [-0.05, 0) is 43.5 Å². The molecule has 0 saturated heterocycles. The number of nitrogen functional groups attached to an aromatic ring is 1. The van der Waals surface area contributed by atoms with Crippen LogP contribution in [0, 0.1) is 12.8 Å². The lowest BCUT2D eigenvalue weighted by Crippen LogP contribution is -2.29. The number of nitrogens with two attached hydrogens (primary N) is 1. The van der Waals surface area contributed by atoms with Crippen molar-refractivity contribution in [1.29, 1.82) is 0 Å². The van der Waals surface area contributed by atoms with Crippen molar-refractivity contribution in [2.45, 2.75) is 40.5 Å². The molecule has 0 radical (unpaired) electrons. The number of anilines is 2. The van der Waals surface area contributed by atoms with Crippen molar-refractivity contribution < 1.29 is 0 Å². The van der Waals surface area contributed by atoms with E-state index in [1.165, 1.54) is 24.1 Å². The Morgan fingerprint density at radius 1 is 1.12 bits per heavy atom. The second-order valence-electron chi connectivity index (χ2n) is 4.82. The van der Waals surface area contributed by atoms with Gasteiger partial charge in [0.1, 0.15) is 0 Å². The molecule has 2 heteroatoms. The van der Waals surface area contributed by atoms with Crippen molar-refractivity contribution in [3.8, 4) is 0 Å². The van der Waals surface area contributed by atoms with Crippen LogP contribution in [0.15, 0.2) is 18.2 Å². The Morgan fingerprint density at radius 2 is 1.76 bits per heavy atom. The number of hydrogen-bond acceptors (Lipinski definition) is 2. The van der Waals surface area contributed by atoms with Crippen LogP contribution in [-0.2, 0) is 0 Å². The molecule has 0 bridgehead atoms. The van der Waals surface area contributed by atoms with Gasteiger partial charge in [0.05, 0.1) is 0 Å². The summed E-state index contributed by atoms with van der Waals surface area (Å²) in [5, 5.41) is 0. The van der Waals surface area contributed by atoms with E-state index in [0.29, 0.717) is 0 Å². The normalized spacial score (nSPS) is 10.9. The minimum atomic E-state index is 0.775. The Labute approximate surface area is 106 Å². The first-order chi connectivity index (χ1) is 8.10. The van der Waals surface area contributed by atoms with Crippen LogP contribution in [0.5, 0.6) is 0 Å². The van der Waals surface area contributed by atoms with E-state index in [9.17, 15) is 0 Å². The molecule has 1 aromatic rings. The zero-order chi connectivity index (χ0) is 12.8. The lowest BCUT2D eigenvalue weighted by Gasteiger charge is -2.28. The highest BCUT2D eigenvalue weighted by Crippen LogP contribution is 2.22. The summed E-state index contributed by atoms with van der Waals surface area (Å²) in [4.78, 5) is 2.43. The van der Waals surface area contributed by atoms with Crippen LogP contribution in [0.1, 0.15) is 39.2 Å². The van der Waals surface area contributed by atoms with Crippen LogP contribution < -0.4 is 10.6 Å². The smallest absolute Gasteiger partial charge is 0.0389 e. The van der Waals surface area contributed by atoms with Gasteiger partial charge < -0.3 is 10.6 Å². The molecular formula is C15H26N2. The van der Waals surface area contributed by atoms with Gasteiger partial charge in [-0.2, -0.15) is 0 Å². The SMILES string of the molecule is CCC(CC)CN(CC)c1cc(C)cc(N)c1. The minimum Gasteiger partial charge on any atom is -0.399 e. The number of rotatable bonds is 6. The molecule has 0 aliphatic carbocycles. The van der Waals surface area contributed by atoms with Gasteiger partial charge in [0, 0.05) is 24.5 Å². The van der Waals surface area contributed by atoms with Crippen LogP contribution in [0.3, 0.4) is 0 Å². The maximum atomic E-state index is 5.92. The van der Waals surface area contributed by atoms with Gasteiger partial charge >= 0.3 is 0 Å². The van der Waals surface area contributed by atoms with Crippen LogP contribution >= 0.6 is 0 Å². The van der Waals surface area contributed by atoms with E-state index in [-0.39, 0.29) is 0 Å². The van der Waals surface area contributed by atoms with Crippen LogP contribution in [0.2, 0.25) is 0 Å². The highest BCUT2D eigenvalue weighted by Gasteiger charge is 2.11. The topological polar surface area (TPSA) is 29.3 Å². The Balaban J connectivity index is 2.85. The third-order valence-corrected chi connectivity index (χ3v) is 3.46. The van der Waals surface area contributed by atoms with Crippen LogP contribution in [0.25, 0.3) is 0 Å². The predicted molar refractivity (Wildman–Crippen MR) is 77.6 cm³/mol. The summed E-state index contributed by atoms with van der Waals surface area (Å²) in [6, 6.07) is 6.33. The van der Waals surface area contributed by atoms with Gasteiger partial charge in [0.15, 0.2) is 0 Å².